The Hall–Kier alpha value is -1.12. The van der Waals surface area contributed by atoms with Crippen LogP contribution in [0.4, 0.5) is 0 Å². The molecule has 1 aromatic rings. The summed E-state index contributed by atoms with van der Waals surface area (Å²) in [6.07, 6.45) is 2.33. The third-order valence-electron chi connectivity index (χ3n) is 3.84. The van der Waals surface area contributed by atoms with Crippen molar-refractivity contribution in [3.8, 4) is 0 Å². The quantitative estimate of drug-likeness (QED) is 0.823. The lowest BCUT2D eigenvalue weighted by atomic mass is 9.88. The first kappa shape index (κ1) is 13.3. The molecule has 1 aromatic carbocycles. The van der Waals surface area contributed by atoms with E-state index in [9.17, 15) is 0 Å². The number of nitrogens with one attached hydrogen (secondary N) is 1. The fourth-order valence-corrected chi connectivity index (χ4v) is 2.57. The summed E-state index contributed by atoms with van der Waals surface area (Å²) < 4.78 is 0. The molecule has 1 aliphatic heterocycles. The van der Waals surface area contributed by atoms with Crippen LogP contribution in [0.15, 0.2) is 42.0 Å². The maximum absolute atomic E-state index is 3.53. The van der Waals surface area contributed by atoms with E-state index in [2.05, 4.69) is 67.4 Å². The maximum Gasteiger partial charge on any atom is 0.0560 e. The summed E-state index contributed by atoms with van der Waals surface area (Å²) in [7, 11) is 0. The van der Waals surface area contributed by atoms with Crippen LogP contribution in [0.1, 0.15) is 26.3 Å². The number of nitrogens with zero attached hydrogens (tertiary/aromatic N) is 1. The van der Waals surface area contributed by atoms with Crippen molar-refractivity contribution in [3.63, 3.8) is 0 Å². The zero-order valence-corrected chi connectivity index (χ0v) is 11.7. The number of piperazine rings is 1. The molecular weight excluding hydrogens is 220 g/mol. The lowest BCUT2D eigenvalue weighted by Gasteiger charge is -2.45. The summed E-state index contributed by atoms with van der Waals surface area (Å²) in [6, 6.07) is 10.8. The highest BCUT2D eigenvalue weighted by Gasteiger charge is 2.34. The van der Waals surface area contributed by atoms with Crippen LogP contribution in [0.5, 0.6) is 0 Å². The predicted octanol–water partition coefficient (Wildman–Crippen LogP) is 2.77. The van der Waals surface area contributed by atoms with Crippen LogP contribution in [-0.2, 0) is 5.54 Å². The van der Waals surface area contributed by atoms with Crippen LogP contribution in [0.25, 0.3) is 0 Å². The van der Waals surface area contributed by atoms with Gasteiger partial charge in [0.25, 0.3) is 0 Å². The molecule has 2 heteroatoms. The normalized spacial score (nSPS) is 24.8. The molecular formula is C16H24N2. The van der Waals surface area contributed by atoms with Gasteiger partial charge in [-0.05, 0) is 26.3 Å². The van der Waals surface area contributed by atoms with Crippen LogP contribution in [0, 0.1) is 0 Å². The number of hydrogen-bond donors (Lipinski definition) is 1. The molecule has 0 radical (unpaired) electrons. The molecule has 0 saturated carbocycles. The lowest BCUT2D eigenvalue weighted by Crippen LogP contribution is -2.57. The standard InChI is InChI=1S/C16H24N2/c1-14(2)9-11-18-12-10-17-13-16(18,3)15-7-5-4-6-8-15/h4-9,17H,10-13H2,1-3H3. The van der Waals surface area contributed by atoms with E-state index in [0.29, 0.717) is 0 Å². The molecule has 1 aliphatic rings. The average Bonchev–Trinajstić information content (AvgIpc) is 2.39. The SMILES string of the molecule is CC(C)=CCN1CCNCC1(C)c1ccccc1. The van der Waals surface area contributed by atoms with Crippen LogP contribution < -0.4 is 5.32 Å². The number of benzene rings is 1. The summed E-state index contributed by atoms with van der Waals surface area (Å²) in [4.78, 5) is 2.58. The second-order valence-electron chi connectivity index (χ2n) is 5.54. The summed E-state index contributed by atoms with van der Waals surface area (Å²) >= 11 is 0. The Labute approximate surface area is 111 Å². The Kier molecular flexibility index (Phi) is 4.20. The monoisotopic (exact) mass is 244 g/mol. The number of allylic oxidation sites excluding steroid dienone is 1. The molecule has 0 spiro atoms. The van der Waals surface area contributed by atoms with Gasteiger partial charge in [-0.2, -0.15) is 0 Å². The van der Waals surface area contributed by atoms with Gasteiger partial charge >= 0.3 is 0 Å². The average molecular weight is 244 g/mol. The molecule has 2 nitrogen and oxygen atoms in total. The van der Waals surface area contributed by atoms with Crippen molar-refractivity contribution in [1.29, 1.82) is 0 Å². The van der Waals surface area contributed by atoms with Crippen molar-refractivity contribution in [2.24, 2.45) is 0 Å². The Morgan fingerprint density at radius 2 is 2.06 bits per heavy atom. The van der Waals surface area contributed by atoms with E-state index < -0.39 is 0 Å². The highest BCUT2D eigenvalue weighted by atomic mass is 15.2. The van der Waals surface area contributed by atoms with Gasteiger partial charge in [-0.15, -0.1) is 0 Å². The van der Waals surface area contributed by atoms with Gasteiger partial charge in [-0.1, -0.05) is 42.0 Å². The van der Waals surface area contributed by atoms with Crippen molar-refractivity contribution in [2.45, 2.75) is 26.3 Å². The van der Waals surface area contributed by atoms with Crippen molar-refractivity contribution in [1.82, 2.24) is 10.2 Å². The summed E-state index contributed by atoms with van der Waals surface area (Å²) in [5.74, 6) is 0. The van der Waals surface area contributed by atoms with Gasteiger partial charge in [0, 0.05) is 26.2 Å². The minimum Gasteiger partial charge on any atom is -0.313 e. The zero-order valence-electron chi connectivity index (χ0n) is 11.7. The second-order valence-corrected chi connectivity index (χ2v) is 5.54. The van der Waals surface area contributed by atoms with Crippen LogP contribution >= 0.6 is 0 Å². The first-order valence-electron chi connectivity index (χ1n) is 6.77. The van der Waals surface area contributed by atoms with E-state index in [1.54, 1.807) is 0 Å². The molecule has 1 N–H and O–H groups in total. The van der Waals surface area contributed by atoms with E-state index in [1.807, 2.05) is 0 Å². The molecule has 98 valence electrons. The van der Waals surface area contributed by atoms with Gasteiger partial charge in [0.1, 0.15) is 0 Å². The van der Waals surface area contributed by atoms with E-state index in [4.69, 9.17) is 0 Å². The smallest absolute Gasteiger partial charge is 0.0560 e. The molecule has 0 bridgehead atoms. The van der Waals surface area contributed by atoms with Crippen molar-refractivity contribution in [3.05, 3.63) is 47.5 Å². The van der Waals surface area contributed by atoms with Gasteiger partial charge < -0.3 is 5.32 Å². The van der Waals surface area contributed by atoms with Gasteiger partial charge in [0.05, 0.1) is 5.54 Å². The summed E-state index contributed by atoms with van der Waals surface area (Å²) in [5.41, 5.74) is 2.90. The first-order valence-corrected chi connectivity index (χ1v) is 6.77. The third kappa shape index (κ3) is 2.82. The molecule has 1 saturated heterocycles. The molecule has 0 amide bonds. The number of rotatable bonds is 3. The molecule has 1 unspecified atom stereocenters. The molecule has 1 fully saturated rings. The second kappa shape index (κ2) is 5.68. The Morgan fingerprint density at radius 1 is 1.33 bits per heavy atom. The molecule has 18 heavy (non-hydrogen) atoms. The van der Waals surface area contributed by atoms with Crippen LogP contribution in [0.3, 0.4) is 0 Å². The van der Waals surface area contributed by atoms with Crippen LogP contribution in [0.2, 0.25) is 0 Å². The predicted molar refractivity (Wildman–Crippen MR) is 77.7 cm³/mol. The molecule has 2 rings (SSSR count). The fourth-order valence-electron chi connectivity index (χ4n) is 2.57. The van der Waals surface area contributed by atoms with E-state index in [0.717, 1.165) is 26.2 Å². The summed E-state index contributed by atoms with van der Waals surface area (Å²) in [6.45, 7) is 10.9. The Balaban J connectivity index is 2.23. The minimum atomic E-state index is 0.103. The number of hydrogen-bond acceptors (Lipinski definition) is 2. The van der Waals surface area contributed by atoms with Gasteiger partial charge in [-0.3, -0.25) is 4.90 Å². The van der Waals surface area contributed by atoms with E-state index >= 15 is 0 Å². The minimum absolute atomic E-state index is 0.103. The highest BCUT2D eigenvalue weighted by molar-refractivity contribution is 5.25. The van der Waals surface area contributed by atoms with Crippen LogP contribution in [-0.4, -0.2) is 31.1 Å². The Bertz CT molecular complexity index is 406. The largest absolute Gasteiger partial charge is 0.313 e. The van der Waals surface area contributed by atoms with E-state index in [-0.39, 0.29) is 5.54 Å². The van der Waals surface area contributed by atoms with Crippen molar-refractivity contribution in [2.75, 3.05) is 26.2 Å². The first-order chi connectivity index (χ1) is 8.63. The fraction of sp³-hybridized carbons (Fsp3) is 0.500. The Morgan fingerprint density at radius 3 is 2.72 bits per heavy atom. The van der Waals surface area contributed by atoms with Gasteiger partial charge in [0.15, 0.2) is 0 Å². The van der Waals surface area contributed by atoms with Crippen molar-refractivity contribution < 1.29 is 0 Å². The molecule has 1 atom stereocenters. The van der Waals surface area contributed by atoms with Crippen molar-refractivity contribution >= 4 is 0 Å². The highest BCUT2D eigenvalue weighted by Crippen LogP contribution is 2.29. The van der Waals surface area contributed by atoms with Gasteiger partial charge in [-0.25, -0.2) is 0 Å². The van der Waals surface area contributed by atoms with Gasteiger partial charge in [0.2, 0.25) is 0 Å². The third-order valence-corrected chi connectivity index (χ3v) is 3.84. The maximum atomic E-state index is 3.53. The van der Waals surface area contributed by atoms with E-state index in [1.165, 1.54) is 11.1 Å². The lowest BCUT2D eigenvalue weighted by molar-refractivity contribution is 0.0862. The molecule has 0 aromatic heterocycles. The molecule has 1 heterocycles. The topological polar surface area (TPSA) is 15.3 Å². The summed E-state index contributed by atoms with van der Waals surface area (Å²) in [5, 5.41) is 3.53. The molecule has 0 aliphatic carbocycles. The zero-order chi connectivity index (χ0) is 13.0.